The van der Waals surface area contributed by atoms with Crippen molar-refractivity contribution >= 4 is 23.5 Å². The predicted molar refractivity (Wildman–Crippen MR) is 127 cm³/mol. The Kier molecular flexibility index (Phi) is 8.02. The Morgan fingerprint density at radius 3 is 2.42 bits per heavy atom. The van der Waals surface area contributed by atoms with Gasteiger partial charge in [0.1, 0.15) is 6.04 Å². The average molecular weight is 454 g/mol. The van der Waals surface area contributed by atoms with E-state index in [1.165, 1.54) is 0 Å². The number of morpholine rings is 1. The zero-order chi connectivity index (χ0) is 24.0. The molecule has 176 valence electrons. The molecule has 6 N–H and O–H groups in total. The third kappa shape index (κ3) is 6.77. The van der Waals surface area contributed by atoms with Crippen molar-refractivity contribution in [3.63, 3.8) is 0 Å². The molecule has 1 fully saturated rings. The fraction of sp³-hybridized carbons (Fsp3) is 0.375. The number of anilines is 1. The van der Waals surface area contributed by atoms with Gasteiger partial charge in [-0.25, -0.2) is 4.99 Å². The lowest BCUT2D eigenvalue weighted by atomic mass is 10.0. The number of carboxylic acid groups (broad SMARTS) is 1. The van der Waals surface area contributed by atoms with Gasteiger partial charge in [0.2, 0.25) is 0 Å². The number of carbonyl (C=O) groups excluding carboxylic acids is 1. The summed E-state index contributed by atoms with van der Waals surface area (Å²) in [7, 11) is 0. The number of amides is 1. The molecule has 1 aliphatic rings. The molecule has 0 aliphatic carbocycles. The first-order chi connectivity index (χ1) is 15.7. The van der Waals surface area contributed by atoms with Crippen molar-refractivity contribution in [2.75, 3.05) is 18.0 Å². The molecule has 3 atom stereocenters. The van der Waals surface area contributed by atoms with Crippen molar-refractivity contribution in [2.24, 2.45) is 16.5 Å². The second-order valence-corrected chi connectivity index (χ2v) is 8.29. The van der Waals surface area contributed by atoms with Crippen molar-refractivity contribution in [3.8, 4) is 0 Å². The van der Waals surface area contributed by atoms with Gasteiger partial charge in [-0.3, -0.25) is 14.9 Å². The van der Waals surface area contributed by atoms with Gasteiger partial charge in [0.15, 0.2) is 5.96 Å². The van der Waals surface area contributed by atoms with E-state index in [-0.39, 0.29) is 24.6 Å². The number of nitrogens with two attached hydrogens (primary N) is 2. The fourth-order valence-corrected chi connectivity index (χ4v) is 3.86. The molecule has 1 saturated heterocycles. The number of carboxylic acids is 1. The van der Waals surface area contributed by atoms with E-state index in [0.29, 0.717) is 12.1 Å². The molecule has 3 rings (SSSR count). The lowest BCUT2D eigenvalue weighted by Gasteiger charge is -2.37. The highest BCUT2D eigenvalue weighted by molar-refractivity contribution is 6.05. The molecule has 2 aromatic rings. The number of aliphatic carboxylic acids is 1. The molecule has 0 aromatic heterocycles. The summed E-state index contributed by atoms with van der Waals surface area (Å²) < 4.78 is 5.83. The predicted octanol–water partition coefficient (Wildman–Crippen LogP) is 1.50. The van der Waals surface area contributed by atoms with Crippen molar-refractivity contribution in [1.29, 1.82) is 0 Å². The number of hydrogen-bond acceptors (Lipinski definition) is 6. The number of aliphatic imine (C=N–C) groups is 1. The molecule has 0 bridgehead atoms. The molecule has 1 aliphatic heterocycles. The Hall–Kier alpha value is -3.43. The summed E-state index contributed by atoms with van der Waals surface area (Å²) in [5, 5.41) is 11.5. The lowest BCUT2D eigenvalue weighted by molar-refractivity contribution is -0.138. The number of guanidine groups is 1. The molecular weight excluding hydrogens is 422 g/mol. The minimum absolute atomic E-state index is 0.0236. The van der Waals surface area contributed by atoms with Crippen LogP contribution in [-0.4, -0.2) is 54.3 Å². The molecule has 0 radical (unpaired) electrons. The number of nitrogens with zero attached hydrogens (tertiary/aromatic N) is 2. The third-order valence-electron chi connectivity index (χ3n) is 5.40. The van der Waals surface area contributed by atoms with Crippen molar-refractivity contribution in [2.45, 2.75) is 45.1 Å². The van der Waals surface area contributed by atoms with E-state index in [2.05, 4.69) is 35.1 Å². The molecule has 9 nitrogen and oxygen atoms in total. The second-order valence-electron chi connectivity index (χ2n) is 8.29. The van der Waals surface area contributed by atoms with E-state index in [0.717, 1.165) is 29.9 Å². The number of hydrogen-bond donors (Lipinski definition) is 4. The zero-order valence-corrected chi connectivity index (χ0v) is 18.9. The summed E-state index contributed by atoms with van der Waals surface area (Å²) in [4.78, 5) is 30.0. The Balaban J connectivity index is 1.62. The highest BCUT2D eigenvalue weighted by atomic mass is 16.5. The van der Waals surface area contributed by atoms with Crippen molar-refractivity contribution < 1.29 is 19.4 Å². The van der Waals surface area contributed by atoms with Crippen LogP contribution in [0.2, 0.25) is 0 Å². The molecule has 2 unspecified atom stereocenters. The Morgan fingerprint density at radius 2 is 1.79 bits per heavy atom. The fourth-order valence-electron chi connectivity index (χ4n) is 3.86. The number of nitrogens with one attached hydrogen (secondary N) is 1. The normalized spacial score (nSPS) is 19.7. The van der Waals surface area contributed by atoms with Gasteiger partial charge in [-0.2, -0.15) is 0 Å². The van der Waals surface area contributed by atoms with Crippen LogP contribution in [0.3, 0.4) is 0 Å². The van der Waals surface area contributed by atoms with Gasteiger partial charge in [0.25, 0.3) is 5.91 Å². The summed E-state index contributed by atoms with van der Waals surface area (Å²) in [5.41, 5.74) is 14.7. The van der Waals surface area contributed by atoms with E-state index in [1.54, 1.807) is 24.3 Å². The lowest BCUT2D eigenvalue weighted by Crippen LogP contribution is -2.45. The average Bonchev–Trinajstić information content (AvgIpc) is 2.77. The maximum atomic E-state index is 12.5. The van der Waals surface area contributed by atoms with Crippen molar-refractivity contribution in [1.82, 2.24) is 5.32 Å². The Morgan fingerprint density at radius 1 is 1.15 bits per heavy atom. The van der Waals surface area contributed by atoms with Crippen LogP contribution in [0.1, 0.15) is 35.3 Å². The number of carbonyl (C=O) groups is 2. The summed E-state index contributed by atoms with van der Waals surface area (Å²) in [5.74, 6) is -1.44. The molecule has 33 heavy (non-hydrogen) atoms. The first-order valence-corrected chi connectivity index (χ1v) is 10.9. The minimum Gasteiger partial charge on any atom is -0.480 e. The third-order valence-corrected chi connectivity index (χ3v) is 5.40. The van der Waals surface area contributed by atoms with Crippen LogP contribution in [-0.2, 0) is 22.5 Å². The molecular formula is C24H31N5O4. The monoisotopic (exact) mass is 453 g/mol. The van der Waals surface area contributed by atoms with Gasteiger partial charge >= 0.3 is 5.97 Å². The van der Waals surface area contributed by atoms with Crippen LogP contribution in [0.15, 0.2) is 53.5 Å². The Bertz CT molecular complexity index is 998. The highest BCUT2D eigenvalue weighted by Gasteiger charge is 2.23. The SMILES string of the molecule is CC1CN(c2ccccc2CN=C(N)NC(=O)c2ccc(C[C@H](N)C(=O)O)cc2)CC(C)O1. The summed E-state index contributed by atoms with van der Waals surface area (Å²) in [6, 6.07) is 13.6. The van der Waals surface area contributed by atoms with Crippen LogP contribution in [0.5, 0.6) is 0 Å². The second kappa shape index (κ2) is 10.9. The maximum Gasteiger partial charge on any atom is 0.320 e. The first kappa shape index (κ1) is 24.2. The molecule has 1 heterocycles. The topological polar surface area (TPSA) is 143 Å². The van der Waals surface area contributed by atoms with Gasteiger partial charge < -0.3 is 26.2 Å². The van der Waals surface area contributed by atoms with E-state index in [1.807, 2.05) is 18.2 Å². The number of rotatable bonds is 7. The van der Waals surface area contributed by atoms with Gasteiger partial charge in [-0.15, -0.1) is 0 Å². The van der Waals surface area contributed by atoms with E-state index >= 15 is 0 Å². The molecule has 2 aromatic carbocycles. The number of para-hydroxylation sites is 1. The van der Waals surface area contributed by atoms with Gasteiger partial charge in [-0.1, -0.05) is 30.3 Å². The van der Waals surface area contributed by atoms with E-state index < -0.39 is 17.9 Å². The van der Waals surface area contributed by atoms with Crippen LogP contribution in [0, 0.1) is 0 Å². The summed E-state index contributed by atoms with van der Waals surface area (Å²) in [6.07, 6.45) is 0.461. The van der Waals surface area contributed by atoms with Gasteiger partial charge in [0, 0.05) is 24.3 Å². The van der Waals surface area contributed by atoms with E-state index in [4.69, 9.17) is 21.3 Å². The van der Waals surface area contributed by atoms with Gasteiger partial charge in [0.05, 0.1) is 18.8 Å². The quantitative estimate of drug-likeness (QED) is 0.367. The van der Waals surface area contributed by atoms with Crippen molar-refractivity contribution in [3.05, 3.63) is 65.2 Å². The smallest absolute Gasteiger partial charge is 0.320 e. The molecule has 0 saturated carbocycles. The van der Waals surface area contributed by atoms with Crippen LogP contribution in [0.25, 0.3) is 0 Å². The van der Waals surface area contributed by atoms with Crippen LogP contribution >= 0.6 is 0 Å². The largest absolute Gasteiger partial charge is 0.480 e. The molecule has 1 amide bonds. The van der Waals surface area contributed by atoms with Crippen LogP contribution in [0.4, 0.5) is 5.69 Å². The zero-order valence-electron chi connectivity index (χ0n) is 18.9. The number of benzene rings is 2. The summed E-state index contributed by atoms with van der Waals surface area (Å²) >= 11 is 0. The summed E-state index contributed by atoms with van der Waals surface area (Å²) in [6.45, 7) is 6.04. The van der Waals surface area contributed by atoms with E-state index in [9.17, 15) is 9.59 Å². The number of ether oxygens (including phenoxy) is 1. The van der Waals surface area contributed by atoms with Crippen LogP contribution < -0.4 is 21.7 Å². The standard InChI is InChI=1S/C24H31N5O4/c1-15-13-29(14-16(2)33-15)21-6-4-3-5-19(21)12-27-24(26)28-22(30)18-9-7-17(8-10-18)11-20(25)23(31)32/h3-10,15-16,20H,11-14,25H2,1-2H3,(H,31,32)(H3,26,27,28,30)/t15?,16?,20-/m0/s1. The molecule has 9 heteroatoms. The maximum absolute atomic E-state index is 12.5. The molecule has 0 spiro atoms. The first-order valence-electron chi connectivity index (χ1n) is 10.9. The minimum atomic E-state index is -1.07. The highest BCUT2D eigenvalue weighted by Crippen LogP contribution is 2.25. The van der Waals surface area contributed by atoms with Gasteiger partial charge in [-0.05, 0) is 49.6 Å². The Labute approximate surface area is 193 Å².